The average molecular weight is 368 g/mol. The van der Waals surface area contributed by atoms with Crippen LogP contribution in [-0.4, -0.2) is 53.3 Å². The van der Waals surface area contributed by atoms with Gasteiger partial charge in [-0.05, 0) is 63.0 Å². The van der Waals surface area contributed by atoms with E-state index in [1.165, 1.54) is 19.2 Å². The number of likely N-dealkylation sites (tertiary alicyclic amines) is 1. The van der Waals surface area contributed by atoms with Crippen LogP contribution in [-0.2, 0) is 0 Å². The fourth-order valence-corrected chi connectivity index (χ4v) is 5.12. The van der Waals surface area contributed by atoms with Crippen molar-refractivity contribution >= 4 is 17.3 Å². The maximum Gasteiger partial charge on any atom is 0.236 e. The third-order valence-electron chi connectivity index (χ3n) is 6.60. The molecule has 6 heteroatoms. The van der Waals surface area contributed by atoms with Crippen LogP contribution in [0.25, 0.3) is 0 Å². The highest BCUT2D eigenvalue weighted by molar-refractivity contribution is 6.30. The lowest BCUT2D eigenvalue weighted by Gasteiger charge is -2.41. The van der Waals surface area contributed by atoms with Crippen molar-refractivity contribution in [3.05, 3.63) is 23.2 Å². The Kier molecular flexibility index (Phi) is 4.91. The van der Waals surface area contributed by atoms with Gasteiger partial charge in [0.2, 0.25) is 5.95 Å². The molecule has 0 bridgehead atoms. The summed E-state index contributed by atoms with van der Waals surface area (Å²) in [5.41, 5.74) is 0.924. The molecule has 3 aliphatic rings. The van der Waals surface area contributed by atoms with Gasteiger partial charge in [-0.1, -0.05) is 11.6 Å². The Morgan fingerprint density at radius 1 is 1.12 bits per heavy atom. The highest BCUT2D eigenvalue weighted by Gasteiger charge is 2.43. The van der Waals surface area contributed by atoms with Crippen molar-refractivity contribution in [2.24, 2.45) is 5.41 Å². The van der Waals surface area contributed by atoms with E-state index in [0.717, 1.165) is 58.2 Å². The van der Waals surface area contributed by atoms with Crippen LogP contribution in [0.5, 0.6) is 0 Å². The summed E-state index contributed by atoms with van der Waals surface area (Å²) in [6.07, 6.45) is 8.88. The summed E-state index contributed by atoms with van der Waals surface area (Å²) in [7, 11) is 0. The van der Waals surface area contributed by atoms with Gasteiger partial charge in [-0.3, -0.25) is 4.90 Å². The monoisotopic (exact) mass is 367 g/mol. The fourth-order valence-electron chi connectivity index (χ4n) is 4.97. The third kappa shape index (κ3) is 3.64. The largest absolute Gasteiger partial charge is 0.393 e. The zero-order valence-electron chi connectivity index (χ0n) is 14.6. The first kappa shape index (κ1) is 17.5. The summed E-state index contributed by atoms with van der Waals surface area (Å²) in [6, 6.07) is 2.34. The Morgan fingerprint density at radius 3 is 2.52 bits per heavy atom. The number of aromatic nitrogens is 1. The quantitative estimate of drug-likeness (QED) is 0.812. The topological polar surface area (TPSA) is 39.6 Å². The lowest BCUT2D eigenvalue weighted by atomic mass is 9.77. The molecule has 1 N–H and O–H groups in total. The van der Waals surface area contributed by atoms with E-state index in [1.807, 2.05) is 0 Å². The zero-order valence-corrected chi connectivity index (χ0v) is 15.4. The van der Waals surface area contributed by atoms with Gasteiger partial charge >= 0.3 is 0 Å². The second-order valence-corrected chi connectivity index (χ2v) is 8.57. The van der Waals surface area contributed by atoms with Gasteiger partial charge in [0, 0.05) is 31.9 Å². The summed E-state index contributed by atoms with van der Waals surface area (Å²) in [5.74, 6) is -0.422. The normalized spacial score (nSPS) is 30.1. The van der Waals surface area contributed by atoms with E-state index in [-0.39, 0.29) is 6.10 Å². The van der Waals surface area contributed by atoms with Gasteiger partial charge in [0.1, 0.15) is 0 Å². The van der Waals surface area contributed by atoms with Crippen molar-refractivity contribution in [1.82, 2.24) is 9.88 Å². The molecule has 0 amide bonds. The van der Waals surface area contributed by atoms with Crippen LogP contribution >= 0.6 is 11.6 Å². The van der Waals surface area contributed by atoms with Crippen molar-refractivity contribution in [2.75, 3.05) is 31.1 Å². The van der Waals surface area contributed by atoms with E-state index < -0.39 is 5.95 Å². The molecule has 0 radical (unpaired) electrons. The van der Waals surface area contributed by atoms with Crippen molar-refractivity contribution in [3.8, 4) is 0 Å². The highest BCUT2D eigenvalue weighted by Crippen LogP contribution is 2.43. The molecule has 3 heterocycles. The number of aliphatic hydroxyl groups is 1. The van der Waals surface area contributed by atoms with Crippen LogP contribution in [0.1, 0.15) is 44.9 Å². The Bertz CT molecular complexity index is 613. The zero-order chi connectivity index (χ0) is 17.4. The SMILES string of the molecule is O[C@H]1CC[C@@H](N2CCC3(CCN(c4cc(Cl)cnc4F)CC3)C2)CC1. The molecule has 3 fully saturated rings. The standard InChI is InChI=1S/C19H27ClFN3O/c20-14-11-17(18(21)22-12-14)23-8-5-19(6-9-23)7-10-24(13-19)15-1-3-16(25)4-2-15/h11-12,15-16,25H,1-10,13H2/t15-,16+. The molecule has 1 aromatic rings. The number of nitrogens with zero attached hydrogens (tertiary/aromatic N) is 3. The summed E-state index contributed by atoms with van der Waals surface area (Å²) >= 11 is 5.99. The number of pyridine rings is 1. The van der Waals surface area contributed by atoms with Gasteiger partial charge in [-0.15, -0.1) is 0 Å². The molecule has 2 saturated heterocycles. The Balaban J connectivity index is 1.36. The predicted molar refractivity (Wildman–Crippen MR) is 97.5 cm³/mol. The number of hydrogen-bond donors (Lipinski definition) is 1. The lowest BCUT2D eigenvalue weighted by molar-refractivity contribution is 0.0762. The Morgan fingerprint density at radius 2 is 1.80 bits per heavy atom. The number of halogens is 2. The number of rotatable bonds is 2. The first-order valence-corrected chi connectivity index (χ1v) is 9.91. The van der Waals surface area contributed by atoms with E-state index in [9.17, 15) is 9.50 Å². The minimum absolute atomic E-state index is 0.0859. The van der Waals surface area contributed by atoms with Crippen molar-refractivity contribution in [2.45, 2.75) is 57.1 Å². The molecule has 1 spiro atoms. The van der Waals surface area contributed by atoms with E-state index in [1.54, 1.807) is 6.07 Å². The molecule has 25 heavy (non-hydrogen) atoms. The van der Waals surface area contributed by atoms with Crippen LogP contribution in [0.15, 0.2) is 12.3 Å². The van der Waals surface area contributed by atoms with E-state index >= 15 is 0 Å². The maximum absolute atomic E-state index is 14.0. The van der Waals surface area contributed by atoms with Gasteiger partial charge in [-0.2, -0.15) is 4.39 Å². The molecule has 2 aliphatic heterocycles. The van der Waals surface area contributed by atoms with Gasteiger partial charge in [0.25, 0.3) is 0 Å². The van der Waals surface area contributed by atoms with Crippen LogP contribution < -0.4 is 4.90 Å². The molecule has 0 aromatic carbocycles. The summed E-state index contributed by atoms with van der Waals surface area (Å²) in [5, 5.41) is 10.2. The highest BCUT2D eigenvalue weighted by atomic mass is 35.5. The van der Waals surface area contributed by atoms with Crippen LogP contribution in [0, 0.1) is 11.4 Å². The summed E-state index contributed by atoms with van der Waals surface area (Å²) < 4.78 is 14.0. The van der Waals surface area contributed by atoms with Crippen LogP contribution in [0.4, 0.5) is 10.1 Å². The summed E-state index contributed by atoms with van der Waals surface area (Å²) in [4.78, 5) is 8.51. The molecule has 138 valence electrons. The van der Waals surface area contributed by atoms with Crippen molar-refractivity contribution in [3.63, 3.8) is 0 Å². The molecular weight excluding hydrogens is 341 g/mol. The fraction of sp³-hybridized carbons (Fsp3) is 0.737. The minimum Gasteiger partial charge on any atom is -0.393 e. The van der Waals surface area contributed by atoms with E-state index in [2.05, 4.69) is 14.8 Å². The molecular formula is C19H27ClFN3O. The number of anilines is 1. The van der Waals surface area contributed by atoms with Crippen molar-refractivity contribution in [1.29, 1.82) is 0 Å². The number of aliphatic hydroxyl groups excluding tert-OH is 1. The molecule has 4 nitrogen and oxygen atoms in total. The van der Waals surface area contributed by atoms with E-state index in [4.69, 9.17) is 11.6 Å². The molecule has 1 saturated carbocycles. The minimum atomic E-state index is -0.422. The predicted octanol–water partition coefficient (Wildman–Crippen LogP) is 3.47. The number of piperidine rings is 1. The molecule has 1 aliphatic carbocycles. The molecule has 0 atom stereocenters. The summed E-state index contributed by atoms with van der Waals surface area (Å²) in [6.45, 7) is 4.08. The van der Waals surface area contributed by atoms with Gasteiger partial charge < -0.3 is 10.0 Å². The van der Waals surface area contributed by atoms with Gasteiger partial charge in [0.05, 0.1) is 16.8 Å². The Hall–Kier alpha value is -0.910. The van der Waals surface area contributed by atoms with Crippen LogP contribution in [0.2, 0.25) is 5.02 Å². The van der Waals surface area contributed by atoms with E-state index in [0.29, 0.717) is 22.2 Å². The second-order valence-electron chi connectivity index (χ2n) is 8.13. The first-order chi connectivity index (χ1) is 12.0. The maximum atomic E-state index is 14.0. The molecule has 0 unspecified atom stereocenters. The second kappa shape index (κ2) is 7.01. The average Bonchev–Trinajstić information content (AvgIpc) is 3.02. The first-order valence-electron chi connectivity index (χ1n) is 9.53. The Labute approximate surface area is 154 Å². The number of hydrogen-bond acceptors (Lipinski definition) is 4. The van der Waals surface area contributed by atoms with Crippen molar-refractivity contribution < 1.29 is 9.50 Å². The third-order valence-corrected chi connectivity index (χ3v) is 6.81. The molecule has 4 rings (SSSR count). The van der Waals surface area contributed by atoms with Crippen LogP contribution in [0.3, 0.4) is 0 Å². The smallest absolute Gasteiger partial charge is 0.236 e. The van der Waals surface area contributed by atoms with Gasteiger partial charge in [-0.25, -0.2) is 4.98 Å². The molecule has 1 aromatic heterocycles. The lowest BCUT2D eigenvalue weighted by Crippen LogP contribution is -2.44. The van der Waals surface area contributed by atoms with Gasteiger partial charge in [0.15, 0.2) is 0 Å².